The van der Waals surface area contributed by atoms with E-state index in [0.717, 1.165) is 17.5 Å². The number of aromatic nitrogens is 2. The summed E-state index contributed by atoms with van der Waals surface area (Å²) in [6, 6.07) is 6.82. The van der Waals surface area contributed by atoms with Gasteiger partial charge < -0.3 is 33.6 Å². The number of carbonyl (C=O) groups is 2. The first-order valence-corrected chi connectivity index (χ1v) is 18.4. The lowest BCUT2D eigenvalue weighted by molar-refractivity contribution is 0.00621. The summed E-state index contributed by atoms with van der Waals surface area (Å²) < 4.78 is 27.9. The number of pyridine rings is 2. The zero-order valence-electron chi connectivity index (χ0n) is 28.1. The van der Waals surface area contributed by atoms with Gasteiger partial charge >= 0.3 is 11.9 Å². The average molecular weight is 647 g/mol. The van der Waals surface area contributed by atoms with E-state index in [2.05, 4.69) is 48.6 Å². The Labute approximate surface area is 267 Å². The maximum atomic E-state index is 11.8. The Morgan fingerprint density at radius 3 is 1.73 bits per heavy atom. The number of ether oxygens (including phenoxy) is 4. The van der Waals surface area contributed by atoms with E-state index in [0.29, 0.717) is 6.42 Å². The van der Waals surface area contributed by atoms with E-state index in [1.165, 1.54) is 20.4 Å². The fraction of sp³-hybridized carbons (Fsp3) is 0.636. The molecule has 4 rings (SSSR count). The molecule has 12 heteroatoms. The summed E-state index contributed by atoms with van der Waals surface area (Å²) in [7, 11) is 0.516. The van der Waals surface area contributed by atoms with Gasteiger partial charge in [0.15, 0.2) is 8.32 Å². The quantitative estimate of drug-likeness (QED) is 0.289. The van der Waals surface area contributed by atoms with E-state index in [4.69, 9.17) is 18.6 Å². The number of rotatable bonds is 8. The minimum Gasteiger partial charge on any atom is -0.464 e. The van der Waals surface area contributed by atoms with E-state index in [9.17, 15) is 19.8 Å². The molecular weight excluding hydrogens is 596 g/mol. The number of aliphatic hydroxyl groups excluding tert-OH is 2. The van der Waals surface area contributed by atoms with E-state index >= 15 is 0 Å². The zero-order valence-corrected chi connectivity index (χ0v) is 29.1. The van der Waals surface area contributed by atoms with Crippen molar-refractivity contribution >= 4 is 20.3 Å². The summed E-state index contributed by atoms with van der Waals surface area (Å²) in [4.78, 5) is 31.3. The van der Waals surface area contributed by atoms with Crippen LogP contribution in [0.4, 0.5) is 0 Å². The Morgan fingerprint density at radius 2 is 1.31 bits per heavy atom. The van der Waals surface area contributed by atoms with Crippen LogP contribution in [0.2, 0.25) is 18.1 Å². The largest absolute Gasteiger partial charge is 0.464 e. The van der Waals surface area contributed by atoms with Crippen LogP contribution in [0.5, 0.6) is 0 Å². The van der Waals surface area contributed by atoms with Crippen LogP contribution in [0, 0.1) is 5.92 Å². The van der Waals surface area contributed by atoms with E-state index in [1.807, 2.05) is 20.8 Å². The minimum atomic E-state index is -2.12. The van der Waals surface area contributed by atoms with Crippen molar-refractivity contribution in [2.75, 3.05) is 14.2 Å². The molecule has 2 aliphatic heterocycles. The highest BCUT2D eigenvalue weighted by Crippen LogP contribution is 2.44. The van der Waals surface area contributed by atoms with Crippen LogP contribution in [0.25, 0.3) is 0 Å². The van der Waals surface area contributed by atoms with Crippen molar-refractivity contribution < 1.29 is 43.2 Å². The van der Waals surface area contributed by atoms with Gasteiger partial charge in [0.25, 0.3) is 0 Å². The van der Waals surface area contributed by atoms with Crippen molar-refractivity contribution in [1.29, 1.82) is 0 Å². The molecule has 2 aromatic heterocycles. The number of hydrogen-bond acceptors (Lipinski definition) is 11. The number of hydrogen-bond donors (Lipinski definition) is 2. The van der Waals surface area contributed by atoms with E-state index in [1.54, 1.807) is 30.5 Å². The van der Waals surface area contributed by atoms with Crippen molar-refractivity contribution in [2.45, 2.75) is 115 Å². The Bertz CT molecular complexity index is 1300. The smallest absolute Gasteiger partial charge is 0.356 e. The lowest BCUT2D eigenvalue weighted by atomic mass is 9.94. The Kier molecular flexibility index (Phi) is 12.4. The van der Waals surface area contributed by atoms with Gasteiger partial charge in [0.05, 0.1) is 32.5 Å². The summed E-state index contributed by atoms with van der Waals surface area (Å²) in [5, 5.41) is 21.0. The summed E-state index contributed by atoms with van der Waals surface area (Å²) in [6.07, 6.45) is 1.73. The fourth-order valence-corrected chi connectivity index (χ4v) is 6.60. The van der Waals surface area contributed by atoms with E-state index in [-0.39, 0.29) is 34.6 Å². The molecule has 0 spiro atoms. The number of esters is 2. The van der Waals surface area contributed by atoms with Crippen LogP contribution < -0.4 is 0 Å². The maximum Gasteiger partial charge on any atom is 0.356 e. The second-order valence-electron chi connectivity index (χ2n) is 13.1. The number of aliphatic hydroxyl groups is 2. The van der Waals surface area contributed by atoms with Gasteiger partial charge in [-0.3, -0.25) is 0 Å². The van der Waals surface area contributed by atoms with Gasteiger partial charge in [0.2, 0.25) is 0 Å². The number of carbonyl (C=O) groups excluding carboxylic acids is 2. The van der Waals surface area contributed by atoms with Crippen LogP contribution in [0.1, 0.15) is 98.7 Å². The third-order valence-electron chi connectivity index (χ3n) is 9.15. The first kappa shape index (κ1) is 36.7. The first-order chi connectivity index (χ1) is 21.1. The van der Waals surface area contributed by atoms with Crippen LogP contribution >= 0.6 is 0 Å². The van der Waals surface area contributed by atoms with E-state index < -0.39 is 50.8 Å². The van der Waals surface area contributed by atoms with Crippen molar-refractivity contribution in [2.24, 2.45) is 5.92 Å². The highest BCUT2D eigenvalue weighted by molar-refractivity contribution is 6.74. The fourth-order valence-electron chi connectivity index (χ4n) is 5.30. The predicted molar refractivity (Wildman–Crippen MR) is 170 cm³/mol. The molecular formula is C33H50N2O9Si. The minimum absolute atomic E-state index is 0.0109. The SMILES string of the molecule is CC[C@H]1O[C@@H](c2ccnc(C(=O)OC)c2)[C@H](O)[C@@H]1C.CC[C@H]1O[C@@H](c2ccnc(C(=O)OC)c2)[C@H](O[Si](C)(C)C(C)(C)C)[C@@H]1O. The molecule has 45 heavy (non-hydrogen) atoms. The molecule has 2 aliphatic rings. The van der Waals surface area contributed by atoms with Crippen molar-refractivity contribution in [1.82, 2.24) is 9.97 Å². The number of nitrogens with zero attached hydrogens (tertiary/aromatic N) is 2. The normalized spacial score (nSPS) is 28.3. The molecule has 0 radical (unpaired) electrons. The third kappa shape index (κ3) is 8.35. The van der Waals surface area contributed by atoms with Crippen molar-refractivity contribution in [3.63, 3.8) is 0 Å². The molecule has 0 saturated carbocycles. The van der Waals surface area contributed by atoms with Gasteiger partial charge in [-0.05, 0) is 66.4 Å². The maximum absolute atomic E-state index is 11.8. The highest BCUT2D eigenvalue weighted by atomic mass is 28.4. The zero-order chi connectivity index (χ0) is 33.7. The predicted octanol–water partition coefficient (Wildman–Crippen LogP) is 5.18. The van der Waals surface area contributed by atoms with Gasteiger partial charge in [-0.1, -0.05) is 41.5 Å². The summed E-state index contributed by atoms with van der Waals surface area (Å²) in [6.45, 7) is 16.8. The van der Waals surface area contributed by atoms with Gasteiger partial charge in [0.1, 0.15) is 35.8 Å². The molecule has 0 aliphatic carbocycles. The highest BCUT2D eigenvalue weighted by Gasteiger charge is 2.49. The van der Waals surface area contributed by atoms with Gasteiger partial charge in [-0.15, -0.1) is 0 Å². The third-order valence-corrected chi connectivity index (χ3v) is 13.6. The average Bonchev–Trinajstić information content (AvgIpc) is 3.49. The Balaban J connectivity index is 0.000000257. The second-order valence-corrected chi connectivity index (χ2v) is 17.9. The topological polar surface area (TPSA) is 147 Å². The molecule has 0 bridgehead atoms. The summed E-state index contributed by atoms with van der Waals surface area (Å²) >= 11 is 0. The first-order valence-electron chi connectivity index (χ1n) is 15.5. The number of methoxy groups -OCH3 is 2. The van der Waals surface area contributed by atoms with Crippen LogP contribution in [0.3, 0.4) is 0 Å². The molecule has 0 amide bonds. The second kappa shape index (κ2) is 15.2. The van der Waals surface area contributed by atoms with Gasteiger partial charge in [-0.25, -0.2) is 19.6 Å². The summed E-state index contributed by atoms with van der Waals surface area (Å²) in [5.74, 6) is -0.918. The molecule has 8 atom stereocenters. The Morgan fingerprint density at radius 1 is 0.844 bits per heavy atom. The monoisotopic (exact) mass is 646 g/mol. The molecule has 0 aromatic carbocycles. The van der Waals surface area contributed by atoms with Crippen LogP contribution in [-0.2, 0) is 23.4 Å². The lowest BCUT2D eigenvalue weighted by Crippen LogP contribution is -2.48. The molecule has 2 saturated heterocycles. The van der Waals surface area contributed by atoms with Crippen LogP contribution in [-0.4, -0.2) is 85.2 Å². The lowest BCUT2D eigenvalue weighted by Gasteiger charge is -2.40. The van der Waals surface area contributed by atoms with Crippen LogP contribution in [0.15, 0.2) is 36.7 Å². The molecule has 2 fully saturated rings. The molecule has 2 N–H and O–H groups in total. The summed E-state index contributed by atoms with van der Waals surface area (Å²) in [5.41, 5.74) is 1.96. The molecule has 0 unspecified atom stereocenters. The van der Waals surface area contributed by atoms with Gasteiger partial charge in [0, 0.05) is 18.3 Å². The molecule has 11 nitrogen and oxygen atoms in total. The molecule has 4 heterocycles. The van der Waals surface area contributed by atoms with Crippen molar-refractivity contribution in [3.05, 3.63) is 59.2 Å². The molecule has 250 valence electrons. The standard InChI is InChI=1S/C19H31NO5Si.C14H19NO4/c1-8-14-15(21)17(25-26(6,7)19(2,3)4)16(24-14)12-9-10-20-13(11-12)18(22)23-5;1-4-11-8(2)12(16)13(19-11)9-5-6-15-10(7-9)14(17)18-3/h9-11,14-17,21H,8H2,1-7H3;5-8,11-13,16H,4H2,1-3H3/t14-,15-,16+,17-;8-,11-,12-,13+/m11/s1. The van der Waals surface area contributed by atoms with Crippen molar-refractivity contribution in [3.8, 4) is 0 Å². The Hall–Kier alpha value is -2.74. The molecule has 2 aromatic rings. The van der Waals surface area contributed by atoms with Gasteiger partial charge in [-0.2, -0.15) is 0 Å².